The molecule has 0 N–H and O–H groups in total. The molecule has 2 atom stereocenters. The van der Waals surface area contributed by atoms with Crippen LogP contribution in [-0.4, -0.2) is 29.3 Å². The van der Waals surface area contributed by atoms with Crippen LogP contribution in [0.5, 0.6) is 0 Å². The number of halogens is 1. The Kier molecular flexibility index (Phi) is 5.90. The second kappa shape index (κ2) is 7.68. The van der Waals surface area contributed by atoms with Crippen molar-refractivity contribution in [3.05, 3.63) is 35.9 Å². The van der Waals surface area contributed by atoms with Gasteiger partial charge in [0.2, 0.25) is 5.91 Å². The number of carbonyl (C=O) groups is 1. The van der Waals surface area contributed by atoms with Crippen LogP contribution in [0.2, 0.25) is 0 Å². The zero-order valence-corrected chi connectivity index (χ0v) is 13.0. The molecule has 2 unspecified atom stereocenters. The summed E-state index contributed by atoms with van der Waals surface area (Å²) in [4.78, 5) is 14.9. The van der Waals surface area contributed by atoms with E-state index in [4.69, 9.17) is 11.6 Å². The molecule has 0 aromatic heterocycles. The lowest BCUT2D eigenvalue weighted by Gasteiger charge is -2.28. The normalized spacial score (nSPS) is 20.1. The first-order chi connectivity index (χ1) is 9.77. The van der Waals surface area contributed by atoms with E-state index >= 15 is 0 Å². The fourth-order valence-corrected chi connectivity index (χ4v) is 3.33. The Morgan fingerprint density at radius 2 is 2.15 bits per heavy atom. The molecular weight excluding hydrogens is 270 g/mol. The average molecular weight is 294 g/mol. The van der Waals surface area contributed by atoms with Crippen molar-refractivity contribution in [2.24, 2.45) is 0 Å². The van der Waals surface area contributed by atoms with Gasteiger partial charge < -0.3 is 4.90 Å². The molecule has 1 aliphatic rings. The SMILES string of the molecule is CCC(C(=O)N1CCCC1CCCCl)c1ccccc1. The van der Waals surface area contributed by atoms with Crippen molar-refractivity contribution in [1.82, 2.24) is 4.90 Å². The Bertz CT molecular complexity index is 420. The van der Waals surface area contributed by atoms with Gasteiger partial charge in [-0.1, -0.05) is 37.3 Å². The van der Waals surface area contributed by atoms with Gasteiger partial charge in [0.25, 0.3) is 0 Å². The second-order valence-electron chi connectivity index (χ2n) is 5.53. The standard InChI is InChI=1S/C17H24ClNO/c1-2-16(14-8-4-3-5-9-14)17(20)19-13-7-11-15(19)10-6-12-18/h3-5,8-9,15-16H,2,6-7,10-13H2,1H3. The molecule has 2 rings (SSSR count). The second-order valence-corrected chi connectivity index (χ2v) is 5.91. The van der Waals surface area contributed by atoms with Crippen molar-refractivity contribution in [1.29, 1.82) is 0 Å². The zero-order chi connectivity index (χ0) is 14.4. The minimum atomic E-state index is 0.00722. The summed E-state index contributed by atoms with van der Waals surface area (Å²) in [7, 11) is 0. The van der Waals surface area contributed by atoms with Gasteiger partial charge in [0.15, 0.2) is 0 Å². The summed E-state index contributed by atoms with van der Waals surface area (Å²) in [6, 6.07) is 10.6. The first kappa shape index (κ1) is 15.4. The van der Waals surface area contributed by atoms with Crippen molar-refractivity contribution < 1.29 is 4.79 Å². The number of amides is 1. The van der Waals surface area contributed by atoms with E-state index in [1.54, 1.807) is 0 Å². The first-order valence-corrected chi connectivity index (χ1v) is 8.22. The Morgan fingerprint density at radius 1 is 1.40 bits per heavy atom. The molecule has 1 aromatic carbocycles. The van der Waals surface area contributed by atoms with Gasteiger partial charge in [0.1, 0.15) is 0 Å². The van der Waals surface area contributed by atoms with Crippen LogP contribution in [0, 0.1) is 0 Å². The van der Waals surface area contributed by atoms with E-state index in [2.05, 4.69) is 24.0 Å². The molecule has 2 nitrogen and oxygen atoms in total. The number of hydrogen-bond acceptors (Lipinski definition) is 1. The molecule has 1 aromatic rings. The Hall–Kier alpha value is -1.02. The molecule has 1 fully saturated rings. The van der Waals surface area contributed by atoms with E-state index in [1.807, 2.05) is 18.2 Å². The highest BCUT2D eigenvalue weighted by molar-refractivity contribution is 6.17. The molecule has 1 aliphatic heterocycles. The molecule has 0 aliphatic carbocycles. The highest BCUT2D eigenvalue weighted by atomic mass is 35.5. The number of nitrogens with zero attached hydrogens (tertiary/aromatic N) is 1. The van der Waals surface area contributed by atoms with E-state index in [0.29, 0.717) is 17.8 Å². The van der Waals surface area contributed by atoms with Crippen LogP contribution in [0.25, 0.3) is 0 Å². The maximum Gasteiger partial charge on any atom is 0.230 e. The predicted octanol–water partition coefficient (Wildman–Crippen LogP) is 4.19. The maximum atomic E-state index is 12.8. The van der Waals surface area contributed by atoms with Crippen LogP contribution in [0.15, 0.2) is 30.3 Å². The van der Waals surface area contributed by atoms with Crippen LogP contribution >= 0.6 is 11.6 Å². The lowest BCUT2D eigenvalue weighted by atomic mass is 9.94. The minimum Gasteiger partial charge on any atom is -0.339 e. The number of carbonyl (C=O) groups excluding carboxylic acids is 1. The van der Waals surface area contributed by atoms with Crippen molar-refractivity contribution in [3.63, 3.8) is 0 Å². The number of benzene rings is 1. The fourth-order valence-electron chi connectivity index (χ4n) is 3.18. The number of rotatable bonds is 6. The smallest absolute Gasteiger partial charge is 0.230 e. The summed E-state index contributed by atoms with van der Waals surface area (Å²) in [6.07, 6.45) is 5.16. The summed E-state index contributed by atoms with van der Waals surface area (Å²) in [6.45, 7) is 3.01. The van der Waals surface area contributed by atoms with Crippen molar-refractivity contribution in [2.75, 3.05) is 12.4 Å². The molecule has 0 saturated carbocycles. The van der Waals surface area contributed by atoms with Crippen LogP contribution < -0.4 is 0 Å². The minimum absolute atomic E-state index is 0.00722. The van der Waals surface area contributed by atoms with Crippen molar-refractivity contribution in [3.8, 4) is 0 Å². The highest BCUT2D eigenvalue weighted by Crippen LogP contribution is 2.28. The Balaban J connectivity index is 2.08. The lowest BCUT2D eigenvalue weighted by molar-refractivity contribution is -0.133. The van der Waals surface area contributed by atoms with E-state index in [-0.39, 0.29) is 5.92 Å². The van der Waals surface area contributed by atoms with E-state index < -0.39 is 0 Å². The van der Waals surface area contributed by atoms with Crippen molar-refractivity contribution >= 4 is 17.5 Å². The highest BCUT2D eigenvalue weighted by Gasteiger charge is 2.32. The van der Waals surface area contributed by atoms with Crippen LogP contribution in [0.3, 0.4) is 0 Å². The van der Waals surface area contributed by atoms with E-state index in [1.165, 1.54) is 0 Å². The largest absolute Gasteiger partial charge is 0.339 e. The summed E-state index contributed by atoms with van der Waals surface area (Å²) >= 11 is 5.79. The molecular formula is C17H24ClNO. The topological polar surface area (TPSA) is 20.3 Å². The van der Waals surface area contributed by atoms with Gasteiger partial charge in [-0.2, -0.15) is 0 Å². The summed E-state index contributed by atoms with van der Waals surface area (Å²) in [5.74, 6) is 0.998. The van der Waals surface area contributed by atoms with Gasteiger partial charge in [-0.05, 0) is 37.7 Å². The Morgan fingerprint density at radius 3 is 2.80 bits per heavy atom. The number of alkyl halides is 1. The third-order valence-corrected chi connectivity index (χ3v) is 4.51. The van der Waals surface area contributed by atoms with Gasteiger partial charge in [-0.25, -0.2) is 0 Å². The van der Waals surface area contributed by atoms with Gasteiger partial charge in [0.05, 0.1) is 5.92 Å². The maximum absolute atomic E-state index is 12.8. The third kappa shape index (κ3) is 3.54. The molecule has 3 heteroatoms. The van der Waals surface area contributed by atoms with Crippen molar-refractivity contribution in [2.45, 2.75) is 51.0 Å². The van der Waals surface area contributed by atoms with Crippen LogP contribution in [0.1, 0.15) is 50.5 Å². The lowest BCUT2D eigenvalue weighted by Crippen LogP contribution is -2.38. The summed E-state index contributed by atoms with van der Waals surface area (Å²) in [5.41, 5.74) is 1.14. The van der Waals surface area contributed by atoms with Crippen LogP contribution in [-0.2, 0) is 4.79 Å². The zero-order valence-electron chi connectivity index (χ0n) is 12.2. The first-order valence-electron chi connectivity index (χ1n) is 7.69. The Labute approximate surface area is 127 Å². The monoisotopic (exact) mass is 293 g/mol. The van der Waals surface area contributed by atoms with Crippen LogP contribution in [0.4, 0.5) is 0 Å². The summed E-state index contributed by atoms with van der Waals surface area (Å²) in [5, 5.41) is 0. The quantitative estimate of drug-likeness (QED) is 0.720. The number of hydrogen-bond donors (Lipinski definition) is 0. The fraction of sp³-hybridized carbons (Fsp3) is 0.588. The third-order valence-electron chi connectivity index (χ3n) is 4.24. The molecule has 0 spiro atoms. The van der Waals surface area contributed by atoms with Gasteiger partial charge in [0, 0.05) is 18.5 Å². The molecule has 1 amide bonds. The molecule has 0 radical (unpaired) electrons. The van der Waals surface area contributed by atoms with Gasteiger partial charge >= 0.3 is 0 Å². The van der Waals surface area contributed by atoms with Gasteiger partial charge in [-0.15, -0.1) is 11.6 Å². The van der Waals surface area contributed by atoms with E-state index in [0.717, 1.165) is 44.2 Å². The average Bonchev–Trinajstić information content (AvgIpc) is 2.95. The molecule has 20 heavy (non-hydrogen) atoms. The van der Waals surface area contributed by atoms with E-state index in [9.17, 15) is 4.79 Å². The molecule has 1 heterocycles. The van der Waals surface area contributed by atoms with Gasteiger partial charge in [-0.3, -0.25) is 4.79 Å². The molecule has 0 bridgehead atoms. The number of likely N-dealkylation sites (tertiary alicyclic amines) is 1. The molecule has 1 saturated heterocycles. The summed E-state index contributed by atoms with van der Waals surface area (Å²) < 4.78 is 0. The predicted molar refractivity (Wildman–Crippen MR) is 84.2 cm³/mol. The molecule has 110 valence electrons.